The van der Waals surface area contributed by atoms with Crippen LogP contribution < -0.4 is 0 Å². The average molecular weight is 254 g/mol. The van der Waals surface area contributed by atoms with Crippen molar-refractivity contribution in [2.45, 2.75) is 57.1 Å². The normalized spacial score (nSPS) is 35.0. The molecule has 1 unspecified atom stereocenters. The second-order valence-electron chi connectivity index (χ2n) is 6.50. The van der Waals surface area contributed by atoms with Crippen molar-refractivity contribution in [1.29, 1.82) is 0 Å². The van der Waals surface area contributed by atoms with Crippen LogP contribution in [0.2, 0.25) is 0 Å². The molecule has 0 aromatic rings. The zero-order chi connectivity index (χ0) is 13.0. The monoisotopic (exact) mass is 254 g/mol. The Balaban J connectivity index is 1.66. The SMILES string of the molecule is CN1CCCC(CCN(C)C2CCC(O)CC2)C1. The van der Waals surface area contributed by atoms with Crippen LogP contribution in [-0.4, -0.2) is 60.8 Å². The first-order chi connectivity index (χ1) is 8.65. The van der Waals surface area contributed by atoms with Gasteiger partial charge in [-0.2, -0.15) is 0 Å². The van der Waals surface area contributed by atoms with E-state index < -0.39 is 0 Å². The first-order valence-electron chi connectivity index (χ1n) is 7.72. The zero-order valence-corrected chi connectivity index (χ0v) is 12.1. The van der Waals surface area contributed by atoms with Gasteiger partial charge in [-0.15, -0.1) is 0 Å². The lowest BCUT2D eigenvalue weighted by Gasteiger charge is -2.35. The van der Waals surface area contributed by atoms with E-state index >= 15 is 0 Å². The molecular weight excluding hydrogens is 224 g/mol. The smallest absolute Gasteiger partial charge is 0.0541 e. The molecule has 0 aromatic heterocycles. The molecule has 0 radical (unpaired) electrons. The van der Waals surface area contributed by atoms with E-state index in [0.717, 1.165) is 24.8 Å². The number of aliphatic hydroxyl groups excluding tert-OH is 1. The highest BCUT2D eigenvalue weighted by molar-refractivity contribution is 4.79. The third-order valence-electron chi connectivity index (χ3n) is 4.90. The Kier molecular flexibility index (Phi) is 5.46. The molecule has 1 saturated carbocycles. The van der Waals surface area contributed by atoms with Crippen molar-refractivity contribution in [1.82, 2.24) is 9.80 Å². The number of aliphatic hydroxyl groups is 1. The van der Waals surface area contributed by atoms with Crippen LogP contribution in [0.4, 0.5) is 0 Å². The molecule has 2 fully saturated rings. The molecule has 1 N–H and O–H groups in total. The van der Waals surface area contributed by atoms with Gasteiger partial charge in [-0.1, -0.05) is 0 Å². The lowest BCUT2D eigenvalue weighted by Crippen LogP contribution is -2.39. The van der Waals surface area contributed by atoms with E-state index in [4.69, 9.17) is 0 Å². The molecule has 0 bridgehead atoms. The molecule has 106 valence electrons. The van der Waals surface area contributed by atoms with E-state index in [1.807, 2.05) is 0 Å². The summed E-state index contributed by atoms with van der Waals surface area (Å²) in [5, 5.41) is 9.55. The van der Waals surface area contributed by atoms with Crippen LogP contribution in [-0.2, 0) is 0 Å². The third-order valence-corrected chi connectivity index (χ3v) is 4.90. The molecule has 1 atom stereocenters. The van der Waals surface area contributed by atoms with E-state index in [2.05, 4.69) is 23.9 Å². The molecule has 0 aromatic carbocycles. The fourth-order valence-corrected chi connectivity index (χ4v) is 3.58. The van der Waals surface area contributed by atoms with Crippen LogP contribution in [0.25, 0.3) is 0 Å². The van der Waals surface area contributed by atoms with Crippen LogP contribution >= 0.6 is 0 Å². The van der Waals surface area contributed by atoms with Crippen LogP contribution in [0.1, 0.15) is 44.9 Å². The predicted octanol–water partition coefficient (Wildman–Crippen LogP) is 1.95. The summed E-state index contributed by atoms with van der Waals surface area (Å²) in [5.74, 6) is 0.903. The highest BCUT2D eigenvalue weighted by Crippen LogP contribution is 2.24. The van der Waals surface area contributed by atoms with Crippen molar-refractivity contribution in [3.63, 3.8) is 0 Å². The van der Waals surface area contributed by atoms with Crippen LogP contribution in [0.3, 0.4) is 0 Å². The molecule has 3 heteroatoms. The highest BCUT2D eigenvalue weighted by Gasteiger charge is 2.23. The number of hydrogen-bond donors (Lipinski definition) is 1. The molecule has 0 amide bonds. The number of piperidine rings is 1. The molecule has 18 heavy (non-hydrogen) atoms. The lowest BCUT2D eigenvalue weighted by atomic mass is 9.91. The second-order valence-corrected chi connectivity index (χ2v) is 6.50. The molecule has 1 aliphatic carbocycles. The van der Waals surface area contributed by atoms with Gasteiger partial charge in [0.2, 0.25) is 0 Å². The maximum Gasteiger partial charge on any atom is 0.0541 e. The summed E-state index contributed by atoms with van der Waals surface area (Å²) in [4.78, 5) is 5.02. The first kappa shape index (κ1) is 14.3. The van der Waals surface area contributed by atoms with E-state index in [9.17, 15) is 5.11 Å². The second kappa shape index (κ2) is 6.88. The van der Waals surface area contributed by atoms with Gasteiger partial charge in [0.1, 0.15) is 0 Å². The molecule has 1 aliphatic heterocycles. The minimum atomic E-state index is -0.0263. The van der Waals surface area contributed by atoms with Gasteiger partial charge < -0.3 is 14.9 Å². The molecular formula is C15H30N2O. The summed E-state index contributed by atoms with van der Waals surface area (Å²) >= 11 is 0. The fraction of sp³-hybridized carbons (Fsp3) is 1.00. The number of rotatable bonds is 4. The summed E-state index contributed by atoms with van der Waals surface area (Å²) in [6.07, 6.45) is 8.48. The van der Waals surface area contributed by atoms with E-state index in [0.29, 0.717) is 0 Å². The van der Waals surface area contributed by atoms with Crippen molar-refractivity contribution >= 4 is 0 Å². The Bertz CT molecular complexity index is 239. The van der Waals surface area contributed by atoms with Crippen LogP contribution in [0, 0.1) is 5.92 Å². The van der Waals surface area contributed by atoms with Crippen molar-refractivity contribution in [2.75, 3.05) is 33.7 Å². The summed E-state index contributed by atoms with van der Waals surface area (Å²) < 4.78 is 0. The minimum Gasteiger partial charge on any atom is -0.393 e. The maximum absolute atomic E-state index is 9.55. The van der Waals surface area contributed by atoms with E-state index in [-0.39, 0.29) is 6.10 Å². The molecule has 0 spiro atoms. The third kappa shape index (κ3) is 4.22. The lowest BCUT2D eigenvalue weighted by molar-refractivity contribution is 0.0796. The van der Waals surface area contributed by atoms with Gasteiger partial charge in [-0.05, 0) is 78.0 Å². The summed E-state index contributed by atoms with van der Waals surface area (Å²) in [6, 6.07) is 0.717. The summed E-state index contributed by atoms with van der Waals surface area (Å²) in [5.41, 5.74) is 0. The van der Waals surface area contributed by atoms with Crippen molar-refractivity contribution in [3.8, 4) is 0 Å². The van der Waals surface area contributed by atoms with Crippen molar-refractivity contribution < 1.29 is 5.11 Å². The summed E-state index contributed by atoms with van der Waals surface area (Å²) in [6.45, 7) is 3.81. The zero-order valence-electron chi connectivity index (χ0n) is 12.1. The summed E-state index contributed by atoms with van der Waals surface area (Å²) in [7, 11) is 4.52. The first-order valence-corrected chi connectivity index (χ1v) is 7.72. The molecule has 2 rings (SSSR count). The topological polar surface area (TPSA) is 26.7 Å². The molecule has 1 heterocycles. The quantitative estimate of drug-likeness (QED) is 0.831. The Labute approximate surface area is 112 Å². The molecule has 3 nitrogen and oxygen atoms in total. The van der Waals surface area contributed by atoms with Crippen molar-refractivity contribution in [2.24, 2.45) is 5.92 Å². The van der Waals surface area contributed by atoms with Gasteiger partial charge in [-0.25, -0.2) is 0 Å². The Morgan fingerprint density at radius 1 is 1.17 bits per heavy atom. The number of hydrogen-bond acceptors (Lipinski definition) is 3. The molecule has 1 saturated heterocycles. The van der Waals surface area contributed by atoms with Crippen molar-refractivity contribution in [3.05, 3.63) is 0 Å². The highest BCUT2D eigenvalue weighted by atomic mass is 16.3. The van der Waals surface area contributed by atoms with Gasteiger partial charge in [0.25, 0.3) is 0 Å². The maximum atomic E-state index is 9.55. The van der Waals surface area contributed by atoms with Gasteiger partial charge in [0, 0.05) is 12.6 Å². The average Bonchev–Trinajstić information content (AvgIpc) is 2.37. The largest absolute Gasteiger partial charge is 0.393 e. The van der Waals surface area contributed by atoms with Crippen LogP contribution in [0.5, 0.6) is 0 Å². The van der Waals surface area contributed by atoms with Gasteiger partial charge in [0.05, 0.1) is 6.10 Å². The van der Waals surface area contributed by atoms with E-state index in [1.165, 1.54) is 51.7 Å². The fourth-order valence-electron chi connectivity index (χ4n) is 3.58. The molecule has 2 aliphatic rings. The Hall–Kier alpha value is -0.120. The standard InChI is InChI=1S/C15H30N2O/c1-16-10-3-4-13(12-16)9-11-17(2)14-5-7-15(18)8-6-14/h13-15,18H,3-12H2,1-2H3. The minimum absolute atomic E-state index is 0.0263. The van der Waals surface area contributed by atoms with Gasteiger partial charge in [-0.3, -0.25) is 0 Å². The predicted molar refractivity (Wildman–Crippen MR) is 75.7 cm³/mol. The Morgan fingerprint density at radius 2 is 1.89 bits per heavy atom. The Morgan fingerprint density at radius 3 is 2.56 bits per heavy atom. The number of likely N-dealkylation sites (tertiary alicyclic amines) is 1. The van der Waals surface area contributed by atoms with Crippen LogP contribution in [0.15, 0.2) is 0 Å². The van der Waals surface area contributed by atoms with Gasteiger partial charge in [0.15, 0.2) is 0 Å². The van der Waals surface area contributed by atoms with Gasteiger partial charge >= 0.3 is 0 Å². The number of nitrogens with zero attached hydrogens (tertiary/aromatic N) is 2. The van der Waals surface area contributed by atoms with E-state index in [1.54, 1.807) is 0 Å².